The summed E-state index contributed by atoms with van der Waals surface area (Å²) in [4.78, 5) is 12.1. The van der Waals surface area contributed by atoms with Crippen molar-refractivity contribution in [3.05, 3.63) is 57.0 Å². The van der Waals surface area contributed by atoms with E-state index in [2.05, 4.69) is 26.6 Å². The number of fused-ring (bicyclic) bond motifs is 1. The third-order valence-corrected chi connectivity index (χ3v) is 4.05. The number of rotatable bonds is 2. The van der Waals surface area contributed by atoms with E-state index in [1.54, 1.807) is 18.2 Å². The Morgan fingerprint density at radius 1 is 1.29 bits per heavy atom. The van der Waals surface area contributed by atoms with Crippen molar-refractivity contribution in [1.29, 1.82) is 5.26 Å². The van der Waals surface area contributed by atoms with Crippen molar-refractivity contribution in [2.24, 2.45) is 0 Å². The Balaban J connectivity index is 1.91. The summed E-state index contributed by atoms with van der Waals surface area (Å²) < 4.78 is 0.906. The molecule has 0 fully saturated rings. The number of carbonyl (C=O) groups is 1. The maximum Gasteiger partial charge on any atom is 0.251 e. The Kier molecular flexibility index (Phi) is 3.58. The second-order valence-corrected chi connectivity index (χ2v) is 5.93. The van der Waals surface area contributed by atoms with Gasteiger partial charge in [-0.1, -0.05) is 33.6 Å². The number of hydrogen-bond acceptors (Lipinski definition) is 3. The minimum atomic E-state index is -0.475. The van der Waals surface area contributed by atoms with Gasteiger partial charge in [-0.3, -0.25) is 4.79 Å². The number of amides is 1. The Hall–Kier alpha value is -2.03. The maximum absolute atomic E-state index is 12.1. The van der Waals surface area contributed by atoms with E-state index in [1.165, 1.54) is 0 Å². The number of benzene rings is 2. The highest BCUT2D eigenvalue weighted by molar-refractivity contribution is 9.10. The fraction of sp³-hybridized carbons (Fsp3) is 0.0667. The molecule has 4 nitrogen and oxygen atoms in total. The summed E-state index contributed by atoms with van der Waals surface area (Å²) in [6.07, 6.45) is 0. The van der Waals surface area contributed by atoms with E-state index >= 15 is 0 Å². The van der Waals surface area contributed by atoms with Crippen LogP contribution in [-0.2, 0) is 4.79 Å². The van der Waals surface area contributed by atoms with Gasteiger partial charge in [-0.05, 0) is 30.3 Å². The zero-order valence-electron chi connectivity index (χ0n) is 10.7. The van der Waals surface area contributed by atoms with Crippen molar-refractivity contribution in [2.75, 3.05) is 10.6 Å². The van der Waals surface area contributed by atoms with Gasteiger partial charge in [-0.15, -0.1) is 0 Å². The summed E-state index contributed by atoms with van der Waals surface area (Å²) in [7, 11) is 0. The molecule has 1 heterocycles. The van der Waals surface area contributed by atoms with Crippen LogP contribution in [0.1, 0.15) is 17.2 Å². The van der Waals surface area contributed by atoms with Crippen LogP contribution in [0.2, 0.25) is 5.02 Å². The van der Waals surface area contributed by atoms with Crippen LogP contribution >= 0.6 is 27.5 Å². The summed E-state index contributed by atoms with van der Waals surface area (Å²) >= 11 is 9.38. The van der Waals surface area contributed by atoms with Crippen LogP contribution in [0.25, 0.3) is 0 Å². The largest absolute Gasteiger partial charge is 0.370 e. The van der Waals surface area contributed by atoms with E-state index in [1.807, 2.05) is 24.3 Å². The van der Waals surface area contributed by atoms with E-state index < -0.39 is 6.04 Å². The first kappa shape index (κ1) is 13.9. The molecule has 2 N–H and O–H groups in total. The molecule has 1 aliphatic heterocycles. The topological polar surface area (TPSA) is 64.9 Å². The van der Waals surface area contributed by atoms with Gasteiger partial charge < -0.3 is 10.6 Å². The second kappa shape index (κ2) is 5.40. The smallest absolute Gasteiger partial charge is 0.251 e. The lowest BCUT2D eigenvalue weighted by molar-refractivity contribution is -0.116. The van der Waals surface area contributed by atoms with E-state index in [9.17, 15) is 4.79 Å². The van der Waals surface area contributed by atoms with Gasteiger partial charge in [0, 0.05) is 21.4 Å². The molecule has 21 heavy (non-hydrogen) atoms. The van der Waals surface area contributed by atoms with Crippen molar-refractivity contribution >= 4 is 44.8 Å². The van der Waals surface area contributed by atoms with E-state index in [4.69, 9.17) is 16.9 Å². The van der Waals surface area contributed by atoms with Crippen molar-refractivity contribution in [3.63, 3.8) is 0 Å². The molecule has 2 aromatic carbocycles. The Morgan fingerprint density at radius 3 is 2.81 bits per heavy atom. The van der Waals surface area contributed by atoms with Crippen LogP contribution in [0.3, 0.4) is 0 Å². The minimum absolute atomic E-state index is 0.122. The summed E-state index contributed by atoms with van der Waals surface area (Å²) in [6, 6.07) is 12.2. The molecule has 1 unspecified atom stereocenters. The fourth-order valence-corrected chi connectivity index (χ4v) is 2.82. The SMILES string of the molecule is N#Cc1ccc(NC2C(=O)Nc3cc(Br)ccc32)cc1Cl. The van der Waals surface area contributed by atoms with Gasteiger partial charge in [0.25, 0.3) is 5.91 Å². The van der Waals surface area contributed by atoms with Gasteiger partial charge in [0.2, 0.25) is 0 Å². The highest BCUT2D eigenvalue weighted by Gasteiger charge is 2.30. The van der Waals surface area contributed by atoms with Crippen LogP contribution in [0.5, 0.6) is 0 Å². The van der Waals surface area contributed by atoms with E-state index in [0.717, 1.165) is 15.7 Å². The van der Waals surface area contributed by atoms with Crippen LogP contribution in [0.15, 0.2) is 40.9 Å². The first-order valence-electron chi connectivity index (χ1n) is 6.15. The highest BCUT2D eigenvalue weighted by Crippen LogP contribution is 2.35. The van der Waals surface area contributed by atoms with Crippen LogP contribution < -0.4 is 10.6 Å². The average Bonchev–Trinajstić information content (AvgIpc) is 2.74. The monoisotopic (exact) mass is 361 g/mol. The molecular formula is C15H9BrClN3O. The third kappa shape index (κ3) is 2.60. The van der Waals surface area contributed by atoms with Gasteiger partial charge in [0.1, 0.15) is 12.1 Å². The van der Waals surface area contributed by atoms with E-state index in [0.29, 0.717) is 16.3 Å². The predicted octanol–water partition coefficient (Wildman–Crippen LogP) is 4.08. The number of hydrogen-bond donors (Lipinski definition) is 2. The number of halogens is 2. The quantitative estimate of drug-likeness (QED) is 0.846. The minimum Gasteiger partial charge on any atom is -0.370 e. The lowest BCUT2D eigenvalue weighted by Crippen LogP contribution is -2.19. The predicted molar refractivity (Wildman–Crippen MR) is 85.3 cm³/mol. The molecule has 1 atom stereocenters. The first-order chi connectivity index (χ1) is 10.1. The first-order valence-corrected chi connectivity index (χ1v) is 7.32. The van der Waals surface area contributed by atoms with Gasteiger partial charge in [0.15, 0.2) is 0 Å². The van der Waals surface area contributed by atoms with Crippen molar-refractivity contribution in [3.8, 4) is 6.07 Å². The Bertz CT molecular complexity index is 785. The summed E-state index contributed by atoms with van der Waals surface area (Å²) in [5.74, 6) is -0.122. The van der Waals surface area contributed by atoms with Crippen LogP contribution in [-0.4, -0.2) is 5.91 Å². The molecule has 0 bridgehead atoms. The van der Waals surface area contributed by atoms with Crippen LogP contribution in [0.4, 0.5) is 11.4 Å². The standard InChI is InChI=1S/C15H9BrClN3O/c16-9-2-4-11-13(5-9)20-15(21)14(11)19-10-3-1-8(7-18)12(17)6-10/h1-6,14,19H,(H,20,21). The molecular weight excluding hydrogens is 354 g/mol. The van der Waals surface area contributed by atoms with Gasteiger partial charge in [-0.2, -0.15) is 5.26 Å². The van der Waals surface area contributed by atoms with Crippen LogP contribution in [0, 0.1) is 11.3 Å². The number of nitrogens with zero attached hydrogens (tertiary/aromatic N) is 1. The molecule has 0 saturated heterocycles. The van der Waals surface area contributed by atoms with Crippen molar-refractivity contribution in [2.45, 2.75) is 6.04 Å². The molecule has 3 rings (SSSR count). The molecule has 104 valence electrons. The van der Waals surface area contributed by atoms with Gasteiger partial charge in [0.05, 0.1) is 10.6 Å². The maximum atomic E-state index is 12.1. The molecule has 0 radical (unpaired) electrons. The summed E-state index contributed by atoms with van der Waals surface area (Å²) in [6.45, 7) is 0. The van der Waals surface area contributed by atoms with Gasteiger partial charge >= 0.3 is 0 Å². The molecule has 6 heteroatoms. The zero-order chi connectivity index (χ0) is 15.0. The lowest BCUT2D eigenvalue weighted by atomic mass is 10.1. The van der Waals surface area contributed by atoms with Crippen molar-refractivity contribution < 1.29 is 4.79 Å². The molecule has 0 spiro atoms. The molecule has 2 aromatic rings. The summed E-state index contributed by atoms with van der Waals surface area (Å²) in [5.41, 5.74) is 2.76. The van der Waals surface area contributed by atoms with Crippen molar-refractivity contribution in [1.82, 2.24) is 0 Å². The molecule has 0 saturated carbocycles. The summed E-state index contributed by atoms with van der Waals surface area (Å²) in [5, 5.41) is 15.2. The average molecular weight is 363 g/mol. The second-order valence-electron chi connectivity index (χ2n) is 4.60. The van der Waals surface area contributed by atoms with Gasteiger partial charge in [-0.25, -0.2) is 0 Å². The molecule has 0 aliphatic carbocycles. The Labute approximate surface area is 134 Å². The molecule has 1 amide bonds. The van der Waals surface area contributed by atoms with E-state index in [-0.39, 0.29) is 5.91 Å². The highest BCUT2D eigenvalue weighted by atomic mass is 79.9. The fourth-order valence-electron chi connectivity index (χ4n) is 2.24. The number of anilines is 2. The number of nitrogens with one attached hydrogen (secondary N) is 2. The Morgan fingerprint density at radius 2 is 2.10 bits per heavy atom. The zero-order valence-corrected chi connectivity index (χ0v) is 13.0. The third-order valence-electron chi connectivity index (χ3n) is 3.25. The molecule has 0 aromatic heterocycles. The number of nitriles is 1. The molecule has 1 aliphatic rings. The lowest BCUT2D eigenvalue weighted by Gasteiger charge is -2.13. The number of carbonyl (C=O) groups excluding carboxylic acids is 1. The normalized spacial score (nSPS) is 16.0.